The van der Waals surface area contributed by atoms with Crippen LogP contribution < -0.4 is 0 Å². The first-order valence-corrected chi connectivity index (χ1v) is 9.08. The molecular weight excluding hydrogens is 269 g/mol. The minimum Gasteiger partial charge on any atom is -0.475 e. The van der Waals surface area contributed by atoms with Crippen molar-refractivity contribution in [2.75, 3.05) is 6.26 Å². The van der Waals surface area contributed by atoms with E-state index in [0.29, 0.717) is 0 Å². The monoisotopic (exact) mass is 282 g/mol. The smallest absolute Gasteiger partial charge is 0.475 e. The molecule has 0 radical (unpaired) electrons. The van der Waals surface area contributed by atoms with Gasteiger partial charge in [0.1, 0.15) is 0 Å². The highest BCUT2D eigenvalue weighted by atomic mass is 32.2. The summed E-state index contributed by atoms with van der Waals surface area (Å²) in [6.07, 6.45) is -4.01. The third-order valence-electron chi connectivity index (χ3n) is 0.644. The Morgan fingerprint density at radius 3 is 1.50 bits per heavy atom. The van der Waals surface area contributed by atoms with Crippen molar-refractivity contribution in [1.82, 2.24) is 0 Å². The highest BCUT2D eigenvalue weighted by Gasteiger charge is 2.38. The van der Waals surface area contributed by atoms with E-state index in [-0.39, 0.29) is 0 Å². The fourth-order valence-electron chi connectivity index (χ4n) is 0.454. The van der Waals surface area contributed by atoms with E-state index >= 15 is 0 Å². The number of alkyl halides is 3. The van der Waals surface area contributed by atoms with Crippen molar-refractivity contribution in [3.63, 3.8) is 0 Å². The van der Waals surface area contributed by atoms with E-state index in [0.717, 1.165) is 6.26 Å². The second-order valence-corrected chi connectivity index (χ2v) is 10.0. The fourth-order valence-corrected chi connectivity index (χ4v) is 4.09. The molecule has 0 aromatic rings. The minimum absolute atomic E-state index is 1.07. The molecule has 0 aromatic carbocycles. The zero-order chi connectivity index (χ0) is 13.8. The highest BCUT2D eigenvalue weighted by Crippen LogP contribution is 2.13. The lowest BCUT2D eigenvalue weighted by Gasteiger charge is -2.13. The van der Waals surface area contributed by atoms with Crippen molar-refractivity contribution in [3.05, 3.63) is 0 Å². The molecule has 0 bridgehead atoms. The van der Waals surface area contributed by atoms with E-state index in [1.807, 2.05) is 19.6 Å². The summed E-state index contributed by atoms with van der Waals surface area (Å²) in [6, 6.07) is 0. The largest absolute Gasteiger partial charge is 0.490 e. The highest BCUT2D eigenvalue weighted by molar-refractivity contribution is 7.87. The Labute approximate surface area is 92.5 Å². The van der Waals surface area contributed by atoms with Crippen molar-refractivity contribution in [1.29, 1.82) is 0 Å². The molecule has 0 saturated carbocycles. The van der Waals surface area contributed by atoms with Crippen LogP contribution in [0.1, 0.15) is 0 Å². The first kappa shape index (κ1) is 17.8. The maximum absolute atomic E-state index is 10.6. The topological polar surface area (TPSA) is 80.7 Å². The number of aliphatic carboxylic acids is 1. The van der Waals surface area contributed by atoms with E-state index in [2.05, 4.69) is 0 Å². The standard InChI is InChI=1S/C4H12O3SSi.C2HF3O2/c1-8(5,6)7-9(2,3)4;3-2(4,5)1(6)7/h1-4H3;(H,6,7). The number of rotatable bonds is 2. The third-order valence-corrected chi connectivity index (χ3v) is 3.85. The molecule has 0 saturated heterocycles. The molecule has 0 aromatic heterocycles. The van der Waals surface area contributed by atoms with Gasteiger partial charge in [-0.1, -0.05) is 0 Å². The summed E-state index contributed by atoms with van der Waals surface area (Å²) in [5.74, 6) is -2.76. The van der Waals surface area contributed by atoms with Crippen LogP contribution in [0.25, 0.3) is 0 Å². The molecule has 10 heteroatoms. The van der Waals surface area contributed by atoms with Gasteiger partial charge in [-0.05, 0) is 19.6 Å². The van der Waals surface area contributed by atoms with E-state index in [9.17, 15) is 21.6 Å². The second-order valence-electron chi connectivity index (χ2n) is 3.70. The average molecular weight is 282 g/mol. The van der Waals surface area contributed by atoms with Crippen LogP contribution in [0, 0.1) is 0 Å². The molecule has 0 fully saturated rings. The molecule has 0 spiro atoms. The predicted octanol–water partition coefficient (Wildman–Crippen LogP) is 1.43. The molecule has 0 aliphatic carbocycles. The Hall–Kier alpha value is -0.613. The van der Waals surface area contributed by atoms with Crippen LogP contribution >= 0.6 is 0 Å². The van der Waals surface area contributed by atoms with E-state index in [1.54, 1.807) is 0 Å². The first-order chi connectivity index (χ1) is 6.65. The summed E-state index contributed by atoms with van der Waals surface area (Å²) >= 11 is 0. The lowest BCUT2D eigenvalue weighted by Crippen LogP contribution is -2.28. The van der Waals surface area contributed by atoms with Crippen LogP contribution in [0.3, 0.4) is 0 Å². The summed E-state index contributed by atoms with van der Waals surface area (Å²) in [5, 5.41) is 7.12. The van der Waals surface area contributed by atoms with Gasteiger partial charge in [-0.15, -0.1) is 0 Å². The van der Waals surface area contributed by atoms with Crippen LogP contribution in [0.2, 0.25) is 19.6 Å². The van der Waals surface area contributed by atoms with Crippen molar-refractivity contribution >= 4 is 24.4 Å². The van der Waals surface area contributed by atoms with Gasteiger partial charge in [0.15, 0.2) is 0 Å². The lowest BCUT2D eigenvalue weighted by molar-refractivity contribution is -0.192. The molecule has 0 aliphatic heterocycles. The van der Waals surface area contributed by atoms with Gasteiger partial charge in [0.05, 0.1) is 6.26 Å². The van der Waals surface area contributed by atoms with E-state index in [1.165, 1.54) is 0 Å². The third kappa shape index (κ3) is 15.8. The number of hydrogen-bond acceptors (Lipinski definition) is 4. The molecule has 0 unspecified atom stereocenters. The van der Waals surface area contributed by atoms with Crippen molar-refractivity contribution in [2.45, 2.75) is 25.8 Å². The predicted molar refractivity (Wildman–Crippen MR) is 53.0 cm³/mol. The Morgan fingerprint density at radius 1 is 1.25 bits per heavy atom. The molecule has 0 aliphatic rings. The maximum atomic E-state index is 10.6. The minimum atomic E-state index is -5.08. The molecule has 98 valence electrons. The fraction of sp³-hybridized carbons (Fsp3) is 0.833. The average Bonchev–Trinajstić information content (AvgIpc) is 1.75. The van der Waals surface area contributed by atoms with Gasteiger partial charge in [-0.2, -0.15) is 13.2 Å². The molecule has 0 amide bonds. The molecule has 0 heterocycles. The molecule has 1 N–H and O–H groups in total. The summed E-state index contributed by atoms with van der Waals surface area (Å²) in [6.45, 7) is 5.48. The Kier molecular flexibility index (Phi) is 6.26. The van der Waals surface area contributed by atoms with Crippen molar-refractivity contribution in [2.24, 2.45) is 0 Å². The summed E-state index contributed by atoms with van der Waals surface area (Å²) < 4.78 is 57.4. The van der Waals surface area contributed by atoms with Crippen LogP contribution in [0.5, 0.6) is 0 Å². The molecular formula is C6H13F3O5SSi. The summed E-state index contributed by atoms with van der Waals surface area (Å²) in [4.78, 5) is 8.90. The quantitative estimate of drug-likeness (QED) is 0.775. The van der Waals surface area contributed by atoms with Gasteiger partial charge in [0, 0.05) is 0 Å². The Balaban J connectivity index is 0. The van der Waals surface area contributed by atoms with Crippen LogP contribution in [-0.4, -0.2) is 40.2 Å². The zero-order valence-corrected chi connectivity index (χ0v) is 10.9. The van der Waals surface area contributed by atoms with Gasteiger partial charge in [-0.25, -0.2) is 13.2 Å². The van der Waals surface area contributed by atoms with Gasteiger partial charge < -0.3 is 8.98 Å². The molecule has 5 nitrogen and oxygen atoms in total. The molecule has 16 heavy (non-hydrogen) atoms. The van der Waals surface area contributed by atoms with Crippen molar-refractivity contribution in [3.8, 4) is 0 Å². The van der Waals surface area contributed by atoms with Crippen LogP contribution in [-0.2, 0) is 18.8 Å². The number of carbonyl (C=O) groups is 1. The first-order valence-electron chi connectivity index (χ1n) is 3.86. The van der Waals surface area contributed by atoms with Crippen LogP contribution in [0.15, 0.2) is 0 Å². The SMILES string of the molecule is C[Si](C)(C)OS(C)(=O)=O.O=C(O)C(F)(F)F. The number of carboxylic acid groups (broad SMARTS) is 1. The van der Waals surface area contributed by atoms with Gasteiger partial charge in [0.25, 0.3) is 10.1 Å². The Morgan fingerprint density at radius 2 is 1.50 bits per heavy atom. The Bertz CT molecular complexity index is 329. The summed E-state index contributed by atoms with van der Waals surface area (Å²) in [5.41, 5.74) is 0. The van der Waals surface area contributed by atoms with Gasteiger partial charge in [0.2, 0.25) is 8.32 Å². The van der Waals surface area contributed by atoms with Crippen LogP contribution in [0.4, 0.5) is 13.2 Å². The summed E-state index contributed by atoms with van der Waals surface area (Å²) in [7, 11) is -5.10. The zero-order valence-electron chi connectivity index (χ0n) is 9.12. The lowest BCUT2D eigenvalue weighted by atomic mass is 10.7. The second kappa shape index (κ2) is 5.64. The van der Waals surface area contributed by atoms with Crippen molar-refractivity contribution < 1.29 is 35.4 Å². The number of carboxylic acids is 1. The molecule has 0 rings (SSSR count). The normalized spacial score (nSPS) is 12.7. The number of hydrogen-bond donors (Lipinski definition) is 1. The molecule has 0 atom stereocenters. The van der Waals surface area contributed by atoms with E-state index in [4.69, 9.17) is 13.8 Å². The number of halogens is 3. The van der Waals surface area contributed by atoms with Gasteiger partial charge in [-0.3, -0.25) is 0 Å². The van der Waals surface area contributed by atoms with E-state index < -0.39 is 30.6 Å². The maximum Gasteiger partial charge on any atom is 0.490 e. The van der Waals surface area contributed by atoms with Gasteiger partial charge >= 0.3 is 12.1 Å².